The fourth-order valence-electron chi connectivity index (χ4n) is 3.66. The number of hydrogen-bond acceptors (Lipinski definition) is 5. The number of rotatable bonds is 13. The predicted octanol–water partition coefficient (Wildman–Crippen LogP) is 1.76. The minimum absolute atomic E-state index is 0.0655. The van der Waals surface area contributed by atoms with Gasteiger partial charge in [-0.05, 0) is 48.2 Å². The quantitative estimate of drug-likeness (QED) is 0.131. The SMILES string of the molecule is NC(=O)[C@H](NC(=O)[C@H](CCCN=C(N)N)NC(=O)c1ccccc1)c1ccc(OCc2ccccc2)cc1. The number of ether oxygens (including phenoxy) is 1. The molecule has 0 aliphatic rings. The molecule has 2 atom stereocenters. The summed E-state index contributed by atoms with van der Waals surface area (Å²) in [7, 11) is 0. The van der Waals surface area contributed by atoms with Gasteiger partial charge in [-0.3, -0.25) is 19.4 Å². The second-order valence-corrected chi connectivity index (χ2v) is 8.53. The number of carbonyl (C=O) groups is 3. The van der Waals surface area contributed by atoms with Gasteiger partial charge in [-0.15, -0.1) is 0 Å². The maximum atomic E-state index is 13.2. The summed E-state index contributed by atoms with van der Waals surface area (Å²) in [5, 5.41) is 5.39. The average Bonchev–Trinajstić information content (AvgIpc) is 2.93. The van der Waals surface area contributed by atoms with Crippen molar-refractivity contribution in [2.24, 2.45) is 22.2 Å². The number of primary amides is 1. The van der Waals surface area contributed by atoms with Gasteiger partial charge >= 0.3 is 0 Å². The first-order valence-electron chi connectivity index (χ1n) is 12.1. The summed E-state index contributed by atoms with van der Waals surface area (Å²) >= 11 is 0. The zero-order valence-electron chi connectivity index (χ0n) is 20.9. The fourth-order valence-corrected chi connectivity index (χ4v) is 3.66. The van der Waals surface area contributed by atoms with Crippen LogP contribution in [0.2, 0.25) is 0 Å². The molecule has 0 fully saturated rings. The van der Waals surface area contributed by atoms with Gasteiger partial charge in [-0.1, -0.05) is 60.7 Å². The predicted molar refractivity (Wildman–Crippen MR) is 145 cm³/mol. The molecule has 3 aromatic carbocycles. The summed E-state index contributed by atoms with van der Waals surface area (Å²) in [6.45, 7) is 0.663. The summed E-state index contributed by atoms with van der Waals surface area (Å²) in [4.78, 5) is 42.1. The molecular formula is C28H32N6O4. The van der Waals surface area contributed by atoms with Crippen LogP contribution in [0.3, 0.4) is 0 Å². The molecule has 0 saturated carbocycles. The first kappa shape index (κ1) is 27.7. The van der Waals surface area contributed by atoms with E-state index in [9.17, 15) is 14.4 Å². The number of carbonyl (C=O) groups excluding carboxylic acids is 3. The molecule has 0 aromatic heterocycles. The van der Waals surface area contributed by atoms with E-state index in [1.54, 1.807) is 54.6 Å². The van der Waals surface area contributed by atoms with Crippen LogP contribution in [0.4, 0.5) is 0 Å². The van der Waals surface area contributed by atoms with Gasteiger partial charge in [0.05, 0.1) is 0 Å². The molecule has 0 aliphatic carbocycles. The molecule has 8 N–H and O–H groups in total. The number of benzene rings is 3. The Labute approximate surface area is 221 Å². The Morgan fingerprint density at radius 3 is 2.05 bits per heavy atom. The molecule has 3 amide bonds. The number of nitrogens with zero attached hydrogens (tertiary/aromatic N) is 1. The smallest absolute Gasteiger partial charge is 0.251 e. The third-order valence-corrected chi connectivity index (χ3v) is 5.64. The Hall–Kier alpha value is -4.86. The topological polar surface area (TPSA) is 175 Å². The third kappa shape index (κ3) is 8.66. The second kappa shape index (κ2) is 14.0. The van der Waals surface area contributed by atoms with E-state index in [4.69, 9.17) is 21.9 Å². The van der Waals surface area contributed by atoms with Crippen LogP contribution < -0.4 is 32.6 Å². The monoisotopic (exact) mass is 516 g/mol. The first-order valence-corrected chi connectivity index (χ1v) is 12.1. The normalized spacial score (nSPS) is 12.0. The van der Waals surface area contributed by atoms with Gasteiger partial charge in [0.15, 0.2) is 5.96 Å². The van der Waals surface area contributed by atoms with Gasteiger partial charge < -0.3 is 32.6 Å². The Kier molecular flexibility index (Phi) is 10.2. The highest BCUT2D eigenvalue weighted by Crippen LogP contribution is 2.19. The van der Waals surface area contributed by atoms with Crippen LogP contribution in [0.25, 0.3) is 0 Å². The lowest BCUT2D eigenvalue weighted by Crippen LogP contribution is -2.49. The van der Waals surface area contributed by atoms with Crippen molar-refractivity contribution in [3.05, 3.63) is 102 Å². The van der Waals surface area contributed by atoms with Gasteiger partial charge in [-0.25, -0.2) is 0 Å². The number of nitrogens with two attached hydrogens (primary N) is 3. The second-order valence-electron chi connectivity index (χ2n) is 8.53. The van der Waals surface area contributed by atoms with Crippen LogP contribution in [0.15, 0.2) is 89.9 Å². The van der Waals surface area contributed by atoms with Crippen molar-refractivity contribution in [2.75, 3.05) is 6.54 Å². The maximum absolute atomic E-state index is 13.2. The molecule has 3 aromatic rings. The molecule has 0 spiro atoms. The van der Waals surface area contributed by atoms with Crippen molar-refractivity contribution >= 4 is 23.7 Å². The first-order chi connectivity index (χ1) is 18.3. The summed E-state index contributed by atoms with van der Waals surface area (Å²) in [6.07, 6.45) is 0.651. The molecule has 198 valence electrons. The van der Waals surface area contributed by atoms with E-state index < -0.39 is 29.8 Å². The zero-order valence-corrected chi connectivity index (χ0v) is 20.9. The minimum Gasteiger partial charge on any atom is -0.489 e. The molecular weight excluding hydrogens is 484 g/mol. The molecule has 0 radical (unpaired) electrons. The van der Waals surface area contributed by atoms with Crippen molar-refractivity contribution < 1.29 is 19.1 Å². The summed E-state index contributed by atoms with van der Waals surface area (Å²) in [5.41, 5.74) is 18.2. The third-order valence-electron chi connectivity index (χ3n) is 5.64. The van der Waals surface area contributed by atoms with Gasteiger partial charge in [0, 0.05) is 12.1 Å². The van der Waals surface area contributed by atoms with E-state index in [2.05, 4.69) is 15.6 Å². The Balaban J connectivity index is 1.68. The molecule has 0 bridgehead atoms. The van der Waals surface area contributed by atoms with Gasteiger partial charge in [0.1, 0.15) is 24.4 Å². The highest BCUT2D eigenvalue weighted by atomic mass is 16.5. The van der Waals surface area contributed by atoms with E-state index in [-0.39, 0.29) is 18.9 Å². The van der Waals surface area contributed by atoms with Crippen LogP contribution in [0.5, 0.6) is 5.75 Å². The lowest BCUT2D eigenvalue weighted by Gasteiger charge is -2.22. The van der Waals surface area contributed by atoms with Crippen molar-refractivity contribution in [3.8, 4) is 5.75 Å². The largest absolute Gasteiger partial charge is 0.489 e. The van der Waals surface area contributed by atoms with E-state index in [1.807, 2.05) is 30.3 Å². The van der Waals surface area contributed by atoms with Crippen molar-refractivity contribution in [1.29, 1.82) is 0 Å². The van der Waals surface area contributed by atoms with Crippen LogP contribution >= 0.6 is 0 Å². The van der Waals surface area contributed by atoms with E-state index in [1.165, 1.54) is 0 Å². The molecule has 3 rings (SSSR count). The number of amides is 3. The van der Waals surface area contributed by atoms with E-state index in [0.717, 1.165) is 5.56 Å². The standard InChI is InChI=1S/C28H32N6O4/c29-25(35)24(20-13-15-22(16-14-20)38-18-19-8-3-1-4-9-19)34-27(37)23(12-7-17-32-28(30)31)33-26(36)21-10-5-2-6-11-21/h1-6,8-11,13-16,23-24H,7,12,17-18H2,(H2,29,35)(H,33,36)(H,34,37)(H4,30,31,32)/t23-,24+/m0/s1. The number of nitrogens with one attached hydrogen (secondary N) is 2. The Morgan fingerprint density at radius 1 is 0.816 bits per heavy atom. The van der Waals surface area contributed by atoms with Crippen molar-refractivity contribution in [2.45, 2.75) is 31.5 Å². The lowest BCUT2D eigenvalue weighted by atomic mass is 10.0. The molecule has 0 saturated heterocycles. The summed E-state index contributed by atoms with van der Waals surface area (Å²) < 4.78 is 5.78. The minimum atomic E-state index is -1.11. The maximum Gasteiger partial charge on any atom is 0.251 e. The van der Waals surface area contributed by atoms with Crippen molar-refractivity contribution in [3.63, 3.8) is 0 Å². The van der Waals surface area contributed by atoms with E-state index >= 15 is 0 Å². The lowest BCUT2D eigenvalue weighted by molar-refractivity contribution is -0.128. The van der Waals surface area contributed by atoms with Crippen LogP contribution in [-0.4, -0.2) is 36.3 Å². The molecule has 10 heteroatoms. The average molecular weight is 517 g/mol. The van der Waals surface area contributed by atoms with Crippen LogP contribution in [-0.2, 0) is 16.2 Å². The summed E-state index contributed by atoms with van der Waals surface area (Å²) in [6, 6.07) is 22.8. The molecule has 0 aliphatic heterocycles. The number of guanidine groups is 1. The van der Waals surface area contributed by atoms with Crippen molar-refractivity contribution in [1.82, 2.24) is 10.6 Å². The number of aliphatic imine (C=N–C) groups is 1. The van der Waals surface area contributed by atoms with Gasteiger partial charge in [-0.2, -0.15) is 0 Å². The highest BCUT2D eigenvalue weighted by molar-refractivity contribution is 5.98. The van der Waals surface area contributed by atoms with Crippen LogP contribution in [0.1, 0.15) is 40.4 Å². The highest BCUT2D eigenvalue weighted by Gasteiger charge is 2.27. The Morgan fingerprint density at radius 2 is 1.45 bits per heavy atom. The Bertz CT molecular complexity index is 1230. The van der Waals surface area contributed by atoms with Gasteiger partial charge in [0.25, 0.3) is 5.91 Å². The van der Waals surface area contributed by atoms with Gasteiger partial charge in [0.2, 0.25) is 11.8 Å². The fraction of sp³-hybridized carbons (Fsp3) is 0.214. The molecule has 38 heavy (non-hydrogen) atoms. The van der Waals surface area contributed by atoms with E-state index in [0.29, 0.717) is 29.9 Å². The van der Waals surface area contributed by atoms with Crippen LogP contribution in [0, 0.1) is 0 Å². The summed E-state index contributed by atoms with van der Waals surface area (Å²) in [5.74, 6) is -1.20. The molecule has 10 nitrogen and oxygen atoms in total. The zero-order chi connectivity index (χ0) is 27.3. The number of hydrogen-bond donors (Lipinski definition) is 5. The molecule has 0 unspecified atom stereocenters. The molecule has 0 heterocycles.